The maximum atomic E-state index is 5.67. The number of rotatable bonds is 2. The fourth-order valence-electron chi connectivity index (χ4n) is 2.08. The van der Waals surface area contributed by atoms with Crippen molar-refractivity contribution in [3.63, 3.8) is 0 Å². The molecule has 0 saturated carbocycles. The first kappa shape index (κ1) is 8.75. The highest BCUT2D eigenvalue weighted by atomic mass is 15.1. The van der Waals surface area contributed by atoms with Crippen molar-refractivity contribution in [3.8, 4) is 0 Å². The number of nitrogens with zero attached hydrogens (tertiary/aromatic N) is 2. The van der Waals surface area contributed by atoms with Crippen molar-refractivity contribution in [2.24, 2.45) is 11.7 Å². The molecular formula is C10H17N3. The van der Waals surface area contributed by atoms with Gasteiger partial charge in [0.25, 0.3) is 0 Å². The second-order valence-electron chi connectivity index (χ2n) is 3.77. The number of imidazole rings is 1. The molecular weight excluding hydrogens is 162 g/mol. The first-order valence-electron chi connectivity index (χ1n) is 5.08. The van der Waals surface area contributed by atoms with Crippen molar-refractivity contribution in [1.82, 2.24) is 9.55 Å². The zero-order valence-electron chi connectivity index (χ0n) is 8.16. The summed E-state index contributed by atoms with van der Waals surface area (Å²) in [4.78, 5) is 4.41. The minimum Gasteiger partial charge on any atom is -0.332 e. The summed E-state index contributed by atoms with van der Waals surface area (Å²) in [5, 5.41) is 0. The molecule has 1 aromatic heterocycles. The topological polar surface area (TPSA) is 43.8 Å². The Balaban J connectivity index is 2.22. The molecule has 3 nitrogen and oxygen atoms in total. The summed E-state index contributed by atoms with van der Waals surface area (Å²) in [6.07, 6.45) is 5.38. The summed E-state index contributed by atoms with van der Waals surface area (Å²) < 4.78 is 2.35. The molecule has 2 heterocycles. The molecule has 0 spiro atoms. The predicted octanol–water partition coefficient (Wildman–Crippen LogP) is 0.967. The molecule has 0 aliphatic carbocycles. The molecule has 0 amide bonds. The Morgan fingerprint density at radius 3 is 3.23 bits per heavy atom. The Labute approximate surface area is 79.0 Å². The lowest BCUT2D eigenvalue weighted by molar-refractivity contribution is 0.390. The number of fused-ring (bicyclic) bond motifs is 1. The molecule has 0 fully saturated rings. The van der Waals surface area contributed by atoms with E-state index in [-0.39, 0.29) is 0 Å². The number of hydrogen-bond acceptors (Lipinski definition) is 2. The van der Waals surface area contributed by atoms with E-state index in [1.807, 2.05) is 6.20 Å². The van der Waals surface area contributed by atoms with Crippen molar-refractivity contribution < 1.29 is 0 Å². The Bertz CT molecular complexity index is 290. The summed E-state index contributed by atoms with van der Waals surface area (Å²) in [6, 6.07) is 0. The fraction of sp³-hybridized carbons (Fsp3) is 0.700. The summed E-state index contributed by atoms with van der Waals surface area (Å²) in [7, 11) is 0. The molecule has 1 aliphatic rings. The predicted molar refractivity (Wildman–Crippen MR) is 52.5 cm³/mol. The smallest absolute Gasteiger partial charge is 0.108 e. The normalized spacial score (nSPS) is 21.5. The van der Waals surface area contributed by atoms with Crippen LogP contribution in [-0.2, 0) is 19.4 Å². The van der Waals surface area contributed by atoms with E-state index in [4.69, 9.17) is 5.73 Å². The average molecular weight is 179 g/mol. The van der Waals surface area contributed by atoms with Gasteiger partial charge in [0.05, 0.1) is 0 Å². The zero-order valence-corrected chi connectivity index (χ0v) is 8.16. The van der Waals surface area contributed by atoms with Crippen molar-refractivity contribution in [3.05, 3.63) is 17.7 Å². The third kappa shape index (κ3) is 1.48. The Morgan fingerprint density at radius 1 is 1.69 bits per heavy atom. The van der Waals surface area contributed by atoms with E-state index in [1.165, 1.54) is 17.9 Å². The maximum Gasteiger partial charge on any atom is 0.108 e. The van der Waals surface area contributed by atoms with Gasteiger partial charge in [0, 0.05) is 24.9 Å². The van der Waals surface area contributed by atoms with Gasteiger partial charge in [0.15, 0.2) is 0 Å². The lowest BCUT2D eigenvalue weighted by atomic mass is 9.96. The fourth-order valence-corrected chi connectivity index (χ4v) is 2.08. The van der Waals surface area contributed by atoms with Crippen LogP contribution in [0.1, 0.15) is 24.9 Å². The molecule has 2 rings (SSSR count). The molecule has 13 heavy (non-hydrogen) atoms. The van der Waals surface area contributed by atoms with Crippen LogP contribution in [0.2, 0.25) is 0 Å². The Hall–Kier alpha value is -0.830. The van der Waals surface area contributed by atoms with Gasteiger partial charge in [-0.2, -0.15) is 0 Å². The van der Waals surface area contributed by atoms with Crippen LogP contribution >= 0.6 is 0 Å². The van der Waals surface area contributed by atoms with Gasteiger partial charge in [-0.1, -0.05) is 6.92 Å². The van der Waals surface area contributed by atoms with Crippen LogP contribution in [0, 0.1) is 5.92 Å². The van der Waals surface area contributed by atoms with Crippen LogP contribution in [0.25, 0.3) is 0 Å². The summed E-state index contributed by atoms with van der Waals surface area (Å²) in [5.74, 6) is 1.90. The third-order valence-electron chi connectivity index (χ3n) is 2.93. The largest absolute Gasteiger partial charge is 0.332 e. The second kappa shape index (κ2) is 3.50. The Kier molecular flexibility index (Phi) is 2.36. The van der Waals surface area contributed by atoms with Crippen molar-refractivity contribution in [2.45, 2.75) is 32.7 Å². The van der Waals surface area contributed by atoms with Crippen LogP contribution in [0.5, 0.6) is 0 Å². The molecule has 0 saturated heterocycles. The van der Waals surface area contributed by atoms with Gasteiger partial charge in [0.2, 0.25) is 0 Å². The van der Waals surface area contributed by atoms with Gasteiger partial charge in [0.1, 0.15) is 5.82 Å². The van der Waals surface area contributed by atoms with Crippen LogP contribution in [0.15, 0.2) is 6.20 Å². The quantitative estimate of drug-likeness (QED) is 0.735. The molecule has 1 aliphatic heterocycles. The van der Waals surface area contributed by atoms with Crippen LogP contribution < -0.4 is 5.73 Å². The Morgan fingerprint density at radius 2 is 2.54 bits per heavy atom. The molecule has 0 bridgehead atoms. The van der Waals surface area contributed by atoms with Crippen LogP contribution in [0.3, 0.4) is 0 Å². The van der Waals surface area contributed by atoms with Gasteiger partial charge in [-0.25, -0.2) is 4.98 Å². The molecule has 72 valence electrons. The van der Waals surface area contributed by atoms with E-state index >= 15 is 0 Å². The lowest BCUT2D eigenvalue weighted by Crippen LogP contribution is -2.25. The minimum atomic E-state index is 0.675. The number of hydrogen-bond donors (Lipinski definition) is 1. The van der Waals surface area contributed by atoms with E-state index in [2.05, 4.69) is 16.5 Å². The lowest BCUT2D eigenvalue weighted by Gasteiger charge is -2.23. The molecule has 2 N–H and O–H groups in total. The number of aryl methyl sites for hydroxylation is 1. The molecule has 0 radical (unpaired) electrons. The van der Waals surface area contributed by atoms with Crippen molar-refractivity contribution >= 4 is 0 Å². The van der Waals surface area contributed by atoms with E-state index in [0.29, 0.717) is 5.92 Å². The zero-order chi connectivity index (χ0) is 9.26. The van der Waals surface area contributed by atoms with E-state index in [1.54, 1.807) is 0 Å². The summed E-state index contributed by atoms with van der Waals surface area (Å²) >= 11 is 0. The third-order valence-corrected chi connectivity index (χ3v) is 2.93. The standard InChI is InChI=1S/C10H17N3/c1-2-10-12-7-9-5-8(6-11)3-4-13(9)10/h7-8H,2-6,11H2,1H3. The summed E-state index contributed by atoms with van der Waals surface area (Å²) in [6.45, 7) is 4.08. The highest BCUT2D eigenvalue weighted by Gasteiger charge is 2.19. The number of nitrogens with two attached hydrogens (primary N) is 1. The number of aromatic nitrogens is 2. The van der Waals surface area contributed by atoms with Crippen LogP contribution in [0.4, 0.5) is 0 Å². The van der Waals surface area contributed by atoms with Crippen molar-refractivity contribution in [2.75, 3.05) is 6.54 Å². The van der Waals surface area contributed by atoms with Gasteiger partial charge in [-0.15, -0.1) is 0 Å². The molecule has 1 aromatic rings. The van der Waals surface area contributed by atoms with Crippen LogP contribution in [-0.4, -0.2) is 16.1 Å². The SMILES string of the molecule is CCc1ncc2n1CCC(CN)C2. The highest BCUT2D eigenvalue weighted by molar-refractivity contribution is 5.09. The first-order valence-corrected chi connectivity index (χ1v) is 5.08. The van der Waals surface area contributed by atoms with Gasteiger partial charge < -0.3 is 10.3 Å². The molecule has 0 aromatic carbocycles. The maximum absolute atomic E-state index is 5.67. The highest BCUT2D eigenvalue weighted by Crippen LogP contribution is 2.21. The van der Waals surface area contributed by atoms with E-state index in [0.717, 1.165) is 25.9 Å². The van der Waals surface area contributed by atoms with E-state index in [9.17, 15) is 0 Å². The molecule has 3 heteroatoms. The minimum absolute atomic E-state index is 0.675. The second-order valence-corrected chi connectivity index (χ2v) is 3.77. The van der Waals surface area contributed by atoms with Gasteiger partial charge in [-0.3, -0.25) is 0 Å². The monoisotopic (exact) mass is 179 g/mol. The van der Waals surface area contributed by atoms with Gasteiger partial charge >= 0.3 is 0 Å². The van der Waals surface area contributed by atoms with E-state index < -0.39 is 0 Å². The first-order chi connectivity index (χ1) is 6.35. The van der Waals surface area contributed by atoms with Gasteiger partial charge in [-0.05, 0) is 25.3 Å². The molecule has 1 atom stereocenters. The average Bonchev–Trinajstić information content (AvgIpc) is 2.59. The van der Waals surface area contributed by atoms with Crippen molar-refractivity contribution in [1.29, 1.82) is 0 Å². The summed E-state index contributed by atoms with van der Waals surface area (Å²) in [5.41, 5.74) is 7.04. The molecule has 1 unspecified atom stereocenters.